The molecule has 2 aromatic rings. The first-order chi connectivity index (χ1) is 11.6. The number of nitriles is 1. The quantitative estimate of drug-likeness (QED) is 0.878. The molecule has 3 rings (SSSR count). The maximum atomic E-state index is 12.1. The third-order valence-electron chi connectivity index (χ3n) is 4.00. The van der Waals surface area contributed by atoms with Gasteiger partial charge in [0.15, 0.2) is 5.82 Å². The van der Waals surface area contributed by atoms with Crippen molar-refractivity contribution < 1.29 is 9.32 Å². The van der Waals surface area contributed by atoms with E-state index >= 15 is 0 Å². The lowest BCUT2D eigenvalue weighted by Gasteiger charge is -2.27. The number of hydrogen-bond acceptors (Lipinski definition) is 6. The number of anilines is 1. The van der Waals surface area contributed by atoms with Crippen LogP contribution in [0.5, 0.6) is 0 Å². The molecule has 2 heterocycles. The van der Waals surface area contributed by atoms with Crippen LogP contribution >= 0.6 is 11.6 Å². The van der Waals surface area contributed by atoms with Crippen molar-refractivity contribution in [3.05, 3.63) is 41.0 Å². The summed E-state index contributed by atoms with van der Waals surface area (Å²) in [5.74, 6) is 0.298. The number of amides is 1. The van der Waals surface area contributed by atoms with Crippen LogP contribution in [0.1, 0.15) is 24.6 Å². The standard InChI is InChI=1S/C16H16ClN5O2/c17-11-1-3-12(4-2-11)20-14(23)9-13-21-15(24-22-13)16(10-18)5-7-19-8-6-16/h1-4,19H,5-9H2,(H,20,23). The van der Waals surface area contributed by atoms with Crippen LogP contribution in [0.4, 0.5) is 5.69 Å². The Morgan fingerprint density at radius 3 is 2.75 bits per heavy atom. The first-order valence-corrected chi connectivity index (χ1v) is 7.99. The van der Waals surface area contributed by atoms with Crippen molar-refractivity contribution >= 4 is 23.2 Å². The number of hydrogen-bond donors (Lipinski definition) is 2. The highest BCUT2D eigenvalue weighted by atomic mass is 35.5. The summed E-state index contributed by atoms with van der Waals surface area (Å²) >= 11 is 5.81. The third-order valence-corrected chi connectivity index (χ3v) is 4.25. The number of nitrogens with one attached hydrogen (secondary N) is 2. The van der Waals surface area contributed by atoms with Crippen LogP contribution in [-0.2, 0) is 16.6 Å². The van der Waals surface area contributed by atoms with Crippen LogP contribution in [0.15, 0.2) is 28.8 Å². The topological polar surface area (TPSA) is 104 Å². The Bertz CT molecular complexity index is 760. The fourth-order valence-corrected chi connectivity index (χ4v) is 2.76. The molecule has 0 saturated carbocycles. The summed E-state index contributed by atoms with van der Waals surface area (Å²) in [6, 6.07) is 9.10. The zero-order valence-corrected chi connectivity index (χ0v) is 13.6. The van der Waals surface area contributed by atoms with Gasteiger partial charge < -0.3 is 15.2 Å². The van der Waals surface area contributed by atoms with Gasteiger partial charge in [-0.2, -0.15) is 10.2 Å². The van der Waals surface area contributed by atoms with Gasteiger partial charge in [0.2, 0.25) is 11.8 Å². The number of piperidine rings is 1. The smallest absolute Gasteiger partial charge is 0.247 e. The summed E-state index contributed by atoms with van der Waals surface area (Å²) < 4.78 is 5.26. The Kier molecular flexibility index (Phi) is 4.79. The molecular weight excluding hydrogens is 330 g/mol. The van der Waals surface area contributed by atoms with Crippen molar-refractivity contribution in [2.24, 2.45) is 0 Å². The highest BCUT2D eigenvalue weighted by Gasteiger charge is 2.39. The molecule has 0 spiro atoms. The zero-order valence-electron chi connectivity index (χ0n) is 12.9. The monoisotopic (exact) mass is 345 g/mol. The number of aromatic nitrogens is 2. The Hall–Kier alpha value is -2.43. The van der Waals surface area contributed by atoms with E-state index in [4.69, 9.17) is 16.1 Å². The van der Waals surface area contributed by atoms with Gasteiger partial charge in [-0.25, -0.2) is 0 Å². The normalized spacial score (nSPS) is 16.3. The van der Waals surface area contributed by atoms with Gasteiger partial charge in [0.25, 0.3) is 0 Å². The van der Waals surface area contributed by atoms with Crippen LogP contribution in [-0.4, -0.2) is 29.1 Å². The molecule has 24 heavy (non-hydrogen) atoms. The van der Waals surface area contributed by atoms with Gasteiger partial charge in [0.05, 0.1) is 12.5 Å². The van der Waals surface area contributed by atoms with Crippen molar-refractivity contribution in [3.63, 3.8) is 0 Å². The zero-order chi connectivity index (χ0) is 17.0. The number of rotatable bonds is 4. The maximum absolute atomic E-state index is 12.1. The van der Waals surface area contributed by atoms with Crippen molar-refractivity contribution in [3.8, 4) is 6.07 Å². The molecular formula is C16H16ClN5O2. The number of halogens is 1. The van der Waals surface area contributed by atoms with Gasteiger partial charge in [-0.3, -0.25) is 4.79 Å². The Balaban J connectivity index is 1.66. The average molecular weight is 346 g/mol. The first kappa shape index (κ1) is 16.4. The first-order valence-electron chi connectivity index (χ1n) is 7.62. The van der Waals surface area contributed by atoms with E-state index in [2.05, 4.69) is 26.8 Å². The van der Waals surface area contributed by atoms with Crippen LogP contribution in [0.25, 0.3) is 0 Å². The Morgan fingerprint density at radius 2 is 2.08 bits per heavy atom. The minimum atomic E-state index is -0.761. The summed E-state index contributed by atoms with van der Waals surface area (Å²) in [5.41, 5.74) is -0.122. The molecule has 2 N–H and O–H groups in total. The maximum Gasteiger partial charge on any atom is 0.247 e. The molecule has 0 aliphatic carbocycles. The highest BCUT2D eigenvalue weighted by molar-refractivity contribution is 6.30. The predicted octanol–water partition coefficient (Wildman–Crippen LogP) is 2.05. The number of carbonyl (C=O) groups excluding carboxylic acids is 1. The van der Waals surface area contributed by atoms with E-state index < -0.39 is 5.41 Å². The van der Waals surface area contributed by atoms with E-state index in [0.717, 1.165) is 13.1 Å². The SMILES string of the molecule is N#CC1(c2nc(CC(=O)Nc3ccc(Cl)cc3)no2)CCNCC1. The lowest BCUT2D eigenvalue weighted by Crippen LogP contribution is -2.39. The fourth-order valence-electron chi connectivity index (χ4n) is 2.63. The van der Waals surface area contributed by atoms with E-state index in [-0.39, 0.29) is 18.2 Å². The van der Waals surface area contributed by atoms with Crippen molar-refractivity contribution in [2.45, 2.75) is 24.7 Å². The largest absolute Gasteiger partial charge is 0.338 e. The van der Waals surface area contributed by atoms with E-state index in [0.29, 0.717) is 29.4 Å². The molecule has 1 aromatic carbocycles. The molecule has 1 fully saturated rings. The summed E-state index contributed by atoms with van der Waals surface area (Å²) in [7, 11) is 0. The van der Waals surface area contributed by atoms with Crippen LogP contribution in [0.2, 0.25) is 5.02 Å². The summed E-state index contributed by atoms with van der Waals surface area (Å²) in [5, 5.41) is 19.9. The van der Waals surface area contributed by atoms with E-state index in [1.807, 2.05) is 0 Å². The molecule has 0 bridgehead atoms. The van der Waals surface area contributed by atoms with E-state index in [9.17, 15) is 10.1 Å². The second kappa shape index (κ2) is 6.99. The summed E-state index contributed by atoms with van der Waals surface area (Å²) in [6.45, 7) is 1.45. The van der Waals surface area contributed by atoms with E-state index in [1.54, 1.807) is 24.3 Å². The third kappa shape index (κ3) is 3.55. The van der Waals surface area contributed by atoms with Gasteiger partial charge in [0.1, 0.15) is 5.41 Å². The fraction of sp³-hybridized carbons (Fsp3) is 0.375. The summed E-state index contributed by atoms with van der Waals surface area (Å²) in [4.78, 5) is 16.3. The highest BCUT2D eigenvalue weighted by Crippen LogP contribution is 2.31. The van der Waals surface area contributed by atoms with Gasteiger partial charge in [-0.1, -0.05) is 16.8 Å². The molecule has 1 aromatic heterocycles. The molecule has 0 atom stereocenters. The molecule has 1 aliphatic rings. The van der Waals surface area contributed by atoms with Gasteiger partial charge in [0, 0.05) is 10.7 Å². The number of benzene rings is 1. The second-order valence-electron chi connectivity index (χ2n) is 5.69. The predicted molar refractivity (Wildman–Crippen MR) is 87.5 cm³/mol. The van der Waals surface area contributed by atoms with Crippen LogP contribution in [0.3, 0.4) is 0 Å². The van der Waals surface area contributed by atoms with Crippen molar-refractivity contribution in [2.75, 3.05) is 18.4 Å². The average Bonchev–Trinajstić information content (AvgIpc) is 3.06. The lowest BCUT2D eigenvalue weighted by atomic mass is 9.80. The lowest BCUT2D eigenvalue weighted by molar-refractivity contribution is -0.115. The molecule has 0 unspecified atom stereocenters. The van der Waals surface area contributed by atoms with Crippen LogP contribution < -0.4 is 10.6 Å². The minimum absolute atomic E-state index is 0.0219. The van der Waals surface area contributed by atoms with Gasteiger partial charge in [-0.05, 0) is 50.2 Å². The molecule has 1 aliphatic heterocycles. The van der Waals surface area contributed by atoms with Crippen molar-refractivity contribution in [1.29, 1.82) is 5.26 Å². The molecule has 1 saturated heterocycles. The second-order valence-corrected chi connectivity index (χ2v) is 6.13. The van der Waals surface area contributed by atoms with Crippen molar-refractivity contribution in [1.82, 2.24) is 15.5 Å². The summed E-state index contributed by atoms with van der Waals surface area (Å²) in [6.07, 6.45) is 1.20. The molecule has 124 valence electrons. The van der Waals surface area contributed by atoms with Crippen LogP contribution in [0, 0.1) is 11.3 Å². The number of carbonyl (C=O) groups is 1. The van der Waals surface area contributed by atoms with Gasteiger partial charge >= 0.3 is 0 Å². The Labute approximate surface area is 144 Å². The van der Waals surface area contributed by atoms with Gasteiger partial charge in [-0.15, -0.1) is 0 Å². The molecule has 7 nitrogen and oxygen atoms in total. The number of nitrogens with zero attached hydrogens (tertiary/aromatic N) is 3. The molecule has 1 amide bonds. The minimum Gasteiger partial charge on any atom is -0.338 e. The molecule has 8 heteroatoms. The van der Waals surface area contributed by atoms with E-state index in [1.165, 1.54) is 0 Å². The Morgan fingerprint density at radius 1 is 1.38 bits per heavy atom. The molecule has 0 radical (unpaired) electrons.